The highest BCUT2D eigenvalue weighted by Gasteiger charge is 2.37. The fourth-order valence-corrected chi connectivity index (χ4v) is 4.20. The molecule has 164 valence electrons. The van der Waals surface area contributed by atoms with Crippen LogP contribution in [0.2, 0.25) is 0 Å². The molecule has 3 aromatic rings. The molecule has 2 aromatic carbocycles. The molecule has 1 aromatic heterocycles. The lowest BCUT2D eigenvalue weighted by Gasteiger charge is -2.13. The summed E-state index contributed by atoms with van der Waals surface area (Å²) in [4.78, 5) is 41.3. The number of nitrogens with zero attached hydrogens (tertiary/aromatic N) is 3. The van der Waals surface area contributed by atoms with Crippen molar-refractivity contribution in [1.82, 2.24) is 4.98 Å². The number of ether oxygens (including phenoxy) is 2. The summed E-state index contributed by atoms with van der Waals surface area (Å²) in [5.74, 6) is -0.549. The Labute approximate surface area is 187 Å². The first-order valence-electron chi connectivity index (χ1n) is 9.75. The third-order valence-corrected chi connectivity index (χ3v) is 5.94. The predicted molar refractivity (Wildman–Crippen MR) is 117 cm³/mol. The standard InChI is InChI=1S/C22H19N3O6S/c1-30-18-4-2-3-15(9-18)19-13-32-22(23-19)24-11-16(10-20(24)26)21(27)31-12-14-5-7-17(8-6-14)25(28)29/h2-9,13,16H,10-12H2,1H3/t16-/m1/s1. The Morgan fingerprint density at radius 3 is 2.78 bits per heavy atom. The van der Waals surface area contributed by atoms with Gasteiger partial charge in [0.25, 0.3) is 5.69 Å². The van der Waals surface area contributed by atoms with Crippen LogP contribution in [0.25, 0.3) is 11.3 Å². The highest BCUT2D eigenvalue weighted by atomic mass is 32.1. The SMILES string of the molecule is COc1cccc(-c2csc(N3C[C@H](C(=O)OCc4ccc([N+](=O)[O-])cc4)CC3=O)n2)c1. The van der Waals surface area contributed by atoms with Crippen LogP contribution in [-0.4, -0.2) is 35.4 Å². The number of non-ortho nitro benzene ring substituents is 1. The molecule has 32 heavy (non-hydrogen) atoms. The number of nitro benzene ring substituents is 1. The van der Waals surface area contributed by atoms with E-state index < -0.39 is 16.8 Å². The molecule has 0 aliphatic carbocycles. The second-order valence-corrected chi connectivity index (χ2v) is 8.02. The van der Waals surface area contributed by atoms with E-state index in [4.69, 9.17) is 9.47 Å². The zero-order valence-electron chi connectivity index (χ0n) is 17.1. The predicted octanol–water partition coefficient (Wildman–Crippen LogP) is 3.82. The van der Waals surface area contributed by atoms with Crippen LogP contribution in [0.15, 0.2) is 53.9 Å². The Kier molecular flexibility index (Phi) is 6.13. The topological polar surface area (TPSA) is 112 Å². The number of aromatic nitrogens is 1. The van der Waals surface area contributed by atoms with E-state index in [0.717, 1.165) is 11.3 Å². The van der Waals surface area contributed by atoms with Crippen LogP contribution in [0.5, 0.6) is 5.75 Å². The summed E-state index contributed by atoms with van der Waals surface area (Å²) in [7, 11) is 1.59. The van der Waals surface area contributed by atoms with E-state index in [1.165, 1.54) is 40.5 Å². The van der Waals surface area contributed by atoms with Crippen LogP contribution >= 0.6 is 11.3 Å². The lowest BCUT2D eigenvalue weighted by atomic mass is 10.1. The Morgan fingerprint density at radius 1 is 1.28 bits per heavy atom. The second kappa shape index (κ2) is 9.15. The first-order chi connectivity index (χ1) is 15.4. The average Bonchev–Trinajstić information content (AvgIpc) is 3.44. The van der Waals surface area contributed by atoms with Crippen molar-refractivity contribution in [2.75, 3.05) is 18.6 Å². The van der Waals surface area contributed by atoms with Gasteiger partial charge in [-0.3, -0.25) is 24.6 Å². The van der Waals surface area contributed by atoms with Gasteiger partial charge in [-0.15, -0.1) is 11.3 Å². The van der Waals surface area contributed by atoms with Crippen molar-refractivity contribution in [3.63, 3.8) is 0 Å². The van der Waals surface area contributed by atoms with Crippen LogP contribution in [0.1, 0.15) is 12.0 Å². The molecule has 0 N–H and O–H groups in total. The first-order valence-corrected chi connectivity index (χ1v) is 10.6. The number of rotatable bonds is 7. The molecule has 1 saturated heterocycles. The highest BCUT2D eigenvalue weighted by molar-refractivity contribution is 7.14. The molecule has 0 unspecified atom stereocenters. The number of amides is 1. The number of carbonyl (C=O) groups is 2. The number of methoxy groups -OCH3 is 1. The van der Waals surface area contributed by atoms with Crippen LogP contribution in [0.4, 0.5) is 10.8 Å². The van der Waals surface area contributed by atoms with E-state index in [9.17, 15) is 19.7 Å². The van der Waals surface area contributed by atoms with E-state index in [2.05, 4.69) is 4.98 Å². The van der Waals surface area contributed by atoms with Crippen LogP contribution in [0, 0.1) is 16.0 Å². The Bertz CT molecular complexity index is 1160. The van der Waals surface area contributed by atoms with Gasteiger partial charge >= 0.3 is 5.97 Å². The molecule has 0 bridgehead atoms. The number of nitro groups is 1. The molecule has 9 nitrogen and oxygen atoms in total. The Morgan fingerprint density at radius 2 is 2.06 bits per heavy atom. The molecule has 4 rings (SSSR count). The summed E-state index contributed by atoms with van der Waals surface area (Å²) in [5, 5.41) is 13.1. The van der Waals surface area contributed by atoms with Crippen molar-refractivity contribution in [3.8, 4) is 17.0 Å². The van der Waals surface area contributed by atoms with Gasteiger partial charge in [-0.05, 0) is 29.8 Å². The van der Waals surface area contributed by atoms with Crippen molar-refractivity contribution in [1.29, 1.82) is 0 Å². The van der Waals surface area contributed by atoms with Crippen molar-refractivity contribution in [3.05, 3.63) is 69.6 Å². The maximum Gasteiger partial charge on any atom is 0.311 e. The molecular weight excluding hydrogens is 434 g/mol. The van der Waals surface area contributed by atoms with E-state index in [-0.39, 0.29) is 31.2 Å². The van der Waals surface area contributed by atoms with E-state index >= 15 is 0 Å². The fourth-order valence-electron chi connectivity index (χ4n) is 3.34. The minimum absolute atomic E-state index is 0.0151. The summed E-state index contributed by atoms with van der Waals surface area (Å²) >= 11 is 1.33. The molecule has 1 aliphatic heterocycles. The van der Waals surface area contributed by atoms with Gasteiger partial charge in [0.05, 0.1) is 23.6 Å². The van der Waals surface area contributed by atoms with Gasteiger partial charge in [-0.1, -0.05) is 12.1 Å². The summed E-state index contributed by atoms with van der Waals surface area (Å²) in [6, 6.07) is 13.3. The number of thiazole rings is 1. The third-order valence-electron chi connectivity index (χ3n) is 5.08. The zero-order valence-corrected chi connectivity index (χ0v) is 17.9. The number of benzene rings is 2. The average molecular weight is 453 g/mol. The van der Waals surface area contributed by atoms with E-state index in [1.54, 1.807) is 7.11 Å². The number of esters is 1. The van der Waals surface area contributed by atoms with E-state index in [1.807, 2.05) is 29.6 Å². The largest absolute Gasteiger partial charge is 0.497 e. The lowest BCUT2D eigenvalue weighted by molar-refractivity contribution is -0.384. The molecule has 2 heterocycles. The van der Waals surface area contributed by atoms with Crippen molar-refractivity contribution in [2.45, 2.75) is 13.0 Å². The number of hydrogen-bond acceptors (Lipinski definition) is 8. The number of carbonyl (C=O) groups excluding carboxylic acids is 2. The molecule has 1 aliphatic rings. The monoisotopic (exact) mass is 453 g/mol. The molecule has 1 fully saturated rings. The number of hydrogen-bond donors (Lipinski definition) is 0. The minimum atomic E-state index is -0.593. The maximum absolute atomic E-state index is 12.5. The smallest absolute Gasteiger partial charge is 0.311 e. The normalized spacial score (nSPS) is 15.6. The first kappa shape index (κ1) is 21.4. The molecular formula is C22H19N3O6S. The van der Waals surface area contributed by atoms with Crippen molar-refractivity contribution < 1.29 is 24.0 Å². The zero-order chi connectivity index (χ0) is 22.7. The van der Waals surface area contributed by atoms with Crippen LogP contribution < -0.4 is 9.64 Å². The van der Waals surface area contributed by atoms with Crippen molar-refractivity contribution >= 4 is 34.0 Å². The Balaban J connectivity index is 1.38. The summed E-state index contributed by atoms with van der Waals surface area (Å²) in [6.45, 7) is 0.182. The van der Waals surface area contributed by atoms with Gasteiger partial charge in [0, 0.05) is 36.0 Å². The Hall–Kier alpha value is -3.79. The summed E-state index contributed by atoms with van der Waals surface area (Å²) < 4.78 is 10.6. The van der Waals surface area contributed by atoms with Gasteiger partial charge < -0.3 is 9.47 Å². The highest BCUT2D eigenvalue weighted by Crippen LogP contribution is 2.33. The van der Waals surface area contributed by atoms with Crippen LogP contribution in [-0.2, 0) is 20.9 Å². The molecule has 0 saturated carbocycles. The quantitative estimate of drug-likeness (QED) is 0.304. The van der Waals surface area contributed by atoms with Crippen LogP contribution in [0.3, 0.4) is 0 Å². The maximum atomic E-state index is 12.5. The van der Waals surface area contributed by atoms with Gasteiger partial charge in [-0.2, -0.15) is 0 Å². The van der Waals surface area contributed by atoms with Gasteiger partial charge in [0.15, 0.2) is 5.13 Å². The molecule has 10 heteroatoms. The van der Waals surface area contributed by atoms with Gasteiger partial charge in [-0.25, -0.2) is 4.98 Å². The van der Waals surface area contributed by atoms with E-state index in [0.29, 0.717) is 16.4 Å². The fraction of sp³-hybridized carbons (Fsp3) is 0.227. The second-order valence-electron chi connectivity index (χ2n) is 7.18. The molecule has 1 atom stereocenters. The van der Waals surface area contributed by atoms with Gasteiger partial charge in [0.1, 0.15) is 12.4 Å². The molecule has 1 amide bonds. The van der Waals surface area contributed by atoms with Gasteiger partial charge in [0.2, 0.25) is 5.91 Å². The lowest BCUT2D eigenvalue weighted by Crippen LogP contribution is -2.26. The number of anilines is 1. The molecule has 0 spiro atoms. The third kappa shape index (κ3) is 4.59. The van der Waals surface area contributed by atoms with Crippen molar-refractivity contribution in [2.24, 2.45) is 5.92 Å². The molecule has 0 radical (unpaired) electrons. The minimum Gasteiger partial charge on any atom is -0.497 e. The summed E-state index contributed by atoms with van der Waals surface area (Å²) in [6.07, 6.45) is 0.0488. The summed E-state index contributed by atoms with van der Waals surface area (Å²) in [5.41, 5.74) is 2.19.